The van der Waals surface area contributed by atoms with Crippen molar-refractivity contribution >= 4 is 5.71 Å². The van der Waals surface area contributed by atoms with Crippen LogP contribution in [0.4, 0.5) is 13.2 Å². The lowest BCUT2D eigenvalue weighted by molar-refractivity contribution is -0.118. The minimum atomic E-state index is -4.24. The molecule has 0 aromatic rings. The number of likely N-dealkylation sites (N-methyl/N-ethyl adjacent to an activating group) is 1. The fourth-order valence-electron chi connectivity index (χ4n) is 1.43. The number of piperidine rings is 1. The van der Waals surface area contributed by atoms with Gasteiger partial charge >= 0.3 is 6.18 Å². The Morgan fingerprint density at radius 2 is 2.20 bits per heavy atom. The summed E-state index contributed by atoms with van der Waals surface area (Å²) in [5, 5.41) is 0. The largest absolute Gasteiger partial charge is 0.407 e. The second kappa shape index (κ2) is 4.65. The summed E-state index contributed by atoms with van der Waals surface area (Å²) in [6.07, 6.45) is -2.38. The molecule has 1 fully saturated rings. The molecule has 86 valence electrons. The Labute approximate surface area is 86.5 Å². The molecule has 0 amide bonds. The van der Waals surface area contributed by atoms with Crippen LogP contribution in [0.15, 0.2) is 16.8 Å². The summed E-state index contributed by atoms with van der Waals surface area (Å²) < 4.78 is 35.9. The summed E-state index contributed by atoms with van der Waals surface area (Å²) in [5.74, 6) is 0. The van der Waals surface area contributed by atoms with Crippen LogP contribution >= 0.6 is 0 Å². The molecular weight excluding hydrogens is 207 g/mol. The van der Waals surface area contributed by atoms with E-state index in [1.54, 1.807) is 0 Å². The Bertz CT molecular complexity index is 281. The van der Waals surface area contributed by atoms with Gasteiger partial charge in [-0.15, -0.1) is 0 Å². The van der Waals surface area contributed by atoms with E-state index >= 15 is 0 Å². The molecular formula is C9H14F3N3. The van der Waals surface area contributed by atoms with Gasteiger partial charge in [0.05, 0.1) is 0 Å². The summed E-state index contributed by atoms with van der Waals surface area (Å²) in [5.41, 5.74) is 6.51. The van der Waals surface area contributed by atoms with Crippen LogP contribution in [-0.2, 0) is 0 Å². The smallest absolute Gasteiger partial charge is 0.404 e. The Hall–Kier alpha value is -1.04. The number of nitrogens with zero attached hydrogens (tertiary/aromatic N) is 2. The summed E-state index contributed by atoms with van der Waals surface area (Å²) in [6.45, 7) is 0.157. The lowest BCUT2D eigenvalue weighted by Crippen LogP contribution is -2.33. The lowest BCUT2D eigenvalue weighted by atomic mass is 10.0. The molecule has 1 saturated heterocycles. The van der Waals surface area contributed by atoms with Crippen molar-refractivity contribution in [3.8, 4) is 0 Å². The molecule has 1 heterocycles. The van der Waals surface area contributed by atoms with Crippen molar-refractivity contribution < 1.29 is 13.2 Å². The van der Waals surface area contributed by atoms with E-state index < -0.39 is 12.7 Å². The van der Waals surface area contributed by atoms with Gasteiger partial charge in [0.25, 0.3) is 0 Å². The van der Waals surface area contributed by atoms with E-state index in [4.69, 9.17) is 5.73 Å². The van der Waals surface area contributed by atoms with Gasteiger partial charge in [0.15, 0.2) is 0 Å². The van der Waals surface area contributed by atoms with Crippen molar-refractivity contribution in [3.05, 3.63) is 11.8 Å². The van der Waals surface area contributed by atoms with Gasteiger partial charge in [0, 0.05) is 37.0 Å². The first-order valence-corrected chi connectivity index (χ1v) is 4.62. The third-order valence-corrected chi connectivity index (χ3v) is 2.19. The fourth-order valence-corrected chi connectivity index (χ4v) is 1.43. The van der Waals surface area contributed by atoms with Gasteiger partial charge in [-0.1, -0.05) is 0 Å². The highest BCUT2D eigenvalue weighted by Gasteiger charge is 2.27. The number of nitrogens with two attached hydrogens (primary N) is 1. The minimum absolute atomic E-state index is 0.480. The van der Waals surface area contributed by atoms with Crippen molar-refractivity contribution in [2.45, 2.75) is 12.6 Å². The van der Waals surface area contributed by atoms with Crippen molar-refractivity contribution in [2.75, 3.05) is 26.7 Å². The predicted molar refractivity (Wildman–Crippen MR) is 52.7 cm³/mol. The Morgan fingerprint density at radius 1 is 1.53 bits per heavy atom. The number of hydrogen-bond acceptors (Lipinski definition) is 3. The summed E-state index contributed by atoms with van der Waals surface area (Å²) in [4.78, 5) is 5.55. The van der Waals surface area contributed by atoms with Crippen LogP contribution in [0.3, 0.4) is 0 Å². The molecule has 3 nitrogen and oxygen atoms in total. The molecule has 2 N–H and O–H groups in total. The molecule has 0 unspecified atom stereocenters. The molecule has 0 saturated carbocycles. The maximum atomic E-state index is 12.0. The SMILES string of the molecule is CN1CCC(=NCC(F)(F)F)C(=CN)C1. The highest BCUT2D eigenvalue weighted by atomic mass is 19.4. The number of rotatable bonds is 1. The van der Waals surface area contributed by atoms with Crippen LogP contribution in [-0.4, -0.2) is 43.5 Å². The Balaban J connectivity index is 2.68. The van der Waals surface area contributed by atoms with Gasteiger partial charge in [-0.3, -0.25) is 4.99 Å². The predicted octanol–water partition coefficient (Wildman–Crippen LogP) is 1.17. The van der Waals surface area contributed by atoms with Crippen molar-refractivity contribution in [3.63, 3.8) is 0 Å². The third-order valence-electron chi connectivity index (χ3n) is 2.19. The van der Waals surface area contributed by atoms with Gasteiger partial charge < -0.3 is 10.6 Å². The van der Waals surface area contributed by atoms with Crippen molar-refractivity contribution in [2.24, 2.45) is 10.7 Å². The minimum Gasteiger partial charge on any atom is -0.404 e. The zero-order chi connectivity index (χ0) is 11.5. The first-order valence-electron chi connectivity index (χ1n) is 4.62. The number of hydrogen-bond donors (Lipinski definition) is 1. The van der Waals surface area contributed by atoms with E-state index in [0.29, 0.717) is 30.8 Å². The van der Waals surface area contributed by atoms with E-state index in [-0.39, 0.29) is 0 Å². The molecule has 15 heavy (non-hydrogen) atoms. The van der Waals surface area contributed by atoms with E-state index in [9.17, 15) is 13.2 Å². The monoisotopic (exact) mass is 221 g/mol. The zero-order valence-electron chi connectivity index (χ0n) is 8.51. The second-order valence-electron chi connectivity index (χ2n) is 3.56. The quantitative estimate of drug-likeness (QED) is 0.722. The van der Waals surface area contributed by atoms with Crippen LogP contribution in [0.1, 0.15) is 6.42 Å². The number of likely N-dealkylation sites (tertiary alicyclic amines) is 1. The molecule has 0 spiro atoms. The molecule has 6 heteroatoms. The van der Waals surface area contributed by atoms with E-state index in [2.05, 4.69) is 4.99 Å². The van der Waals surface area contributed by atoms with Crippen LogP contribution in [0.25, 0.3) is 0 Å². The molecule has 0 radical (unpaired) electrons. The van der Waals surface area contributed by atoms with Crippen LogP contribution in [0.2, 0.25) is 0 Å². The molecule has 1 aliphatic rings. The van der Waals surface area contributed by atoms with Crippen LogP contribution in [0.5, 0.6) is 0 Å². The average Bonchev–Trinajstić information content (AvgIpc) is 2.14. The molecule has 0 aromatic carbocycles. The molecule has 1 aliphatic heterocycles. The molecule has 0 aliphatic carbocycles. The van der Waals surface area contributed by atoms with Gasteiger partial charge in [-0.05, 0) is 7.05 Å². The first-order chi connectivity index (χ1) is 6.92. The average molecular weight is 221 g/mol. The van der Waals surface area contributed by atoms with Gasteiger partial charge in [0.2, 0.25) is 0 Å². The van der Waals surface area contributed by atoms with E-state index in [1.807, 2.05) is 11.9 Å². The molecule has 0 bridgehead atoms. The Morgan fingerprint density at radius 3 is 2.73 bits per heavy atom. The number of halogens is 3. The highest BCUT2D eigenvalue weighted by Crippen LogP contribution is 2.17. The fraction of sp³-hybridized carbons (Fsp3) is 0.667. The molecule has 0 aromatic heterocycles. The molecule has 1 rings (SSSR count). The first kappa shape index (κ1) is 12.0. The van der Waals surface area contributed by atoms with Gasteiger partial charge in [0.1, 0.15) is 6.54 Å². The van der Waals surface area contributed by atoms with Crippen molar-refractivity contribution in [1.29, 1.82) is 0 Å². The van der Waals surface area contributed by atoms with Crippen LogP contribution in [0, 0.1) is 0 Å². The molecule has 0 atom stereocenters. The summed E-state index contributed by atoms with van der Waals surface area (Å²) in [7, 11) is 1.89. The standard InChI is InChI=1S/C9H14F3N3/c1-15-3-2-8(7(4-13)5-15)14-6-9(10,11)12/h4H,2-3,5-6,13H2,1H3. The Kier molecular flexibility index (Phi) is 3.73. The number of aliphatic imine (C=N–C) groups is 1. The summed E-state index contributed by atoms with van der Waals surface area (Å²) >= 11 is 0. The highest BCUT2D eigenvalue weighted by molar-refractivity contribution is 6.01. The number of alkyl halides is 3. The van der Waals surface area contributed by atoms with E-state index in [0.717, 1.165) is 0 Å². The maximum absolute atomic E-state index is 12.0. The van der Waals surface area contributed by atoms with Crippen LogP contribution < -0.4 is 5.73 Å². The van der Waals surface area contributed by atoms with Gasteiger partial charge in [-0.2, -0.15) is 13.2 Å². The topological polar surface area (TPSA) is 41.6 Å². The zero-order valence-corrected chi connectivity index (χ0v) is 8.51. The second-order valence-corrected chi connectivity index (χ2v) is 3.56. The van der Waals surface area contributed by atoms with Gasteiger partial charge in [-0.25, -0.2) is 0 Å². The normalized spacial score (nSPS) is 25.1. The maximum Gasteiger partial charge on any atom is 0.407 e. The third kappa shape index (κ3) is 3.91. The lowest BCUT2D eigenvalue weighted by Gasteiger charge is -2.25. The van der Waals surface area contributed by atoms with E-state index in [1.165, 1.54) is 6.20 Å². The van der Waals surface area contributed by atoms with Crippen molar-refractivity contribution in [1.82, 2.24) is 4.90 Å². The summed E-state index contributed by atoms with van der Waals surface area (Å²) in [6, 6.07) is 0.